The normalized spacial score (nSPS) is 10.1. The topological polar surface area (TPSA) is 72.2 Å². The lowest BCUT2D eigenvalue weighted by Crippen LogP contribution is -2.22. The lowest BCUT2D eigenvalue weighted by molar-refractivity contribution is 0.0958. The highest BCUT2D eigenvalue weighted by Gasteiger charge is 2.14. The Morgan fingerprint density at radius 2 is 1.60 bits per heavy atom. The Morgan fingerprint density at radius 1 is 1.00 bits per heavy atom. The SMILES string of the molecule is Cc1ccc(SNC(=O)c2ccccc2C(N)=O)cc1. The van der Waals surface area contributed by atoms with Crippen LogP contribution < -0.4 is 10.5 Å². The predicted octanol–water partition coefficient (Wildman–Crippen LogP) is 2.53. The van der Waals surface area contributed by atoms with E-state index in [4.69, 9.17) is 5.73 Å². The number of nitrogens with one attached hydrogen (secondary N) is 1. The molecule has 0 heterocycles. The van der Waals surface area contributed by atoms with Gasteiger partial charge in [-0.25, -0.2) is 0 Å². The second kappa shape index (κ2) is 6.25. The molecule has 5 heteroatoms. The number of nitrogens with two attached hydrogens (primary N) is 1. The molecular formula is C15H14N2O2S. The lowest BCUT2D eigenvalue weighted by Gasteiger charge is -2.07. The second-order valence-corrected chi connectivity index (χ2v) is 5.14. The molecule has 2 aromatic carbocycles. The molecular weight excluding hydrogens is 272 g/mol. The predicted molar refractivity (Wildman–Crippen MR) is 79.5 cm³/mol. The van der Waals surface area contributed by atoms with Crippen LogP contribution in [0.5, 0.6) is 0 Å². The number of primary amides is 1. The zero-order chi connectivity index (χ0) is 14.5. The quantitative estimate of drug-likeness (QED) is 0.848. The summed E-state index contributed by atoms with van der Waals surface area (Å²) in [7, 11) is 0. The summed E-state index contributed by atoms with van der Waals surface area (Å²) < 4.78 is 2.70. The number of benzene rings is 2. The van der Waals surface area contributed by atoms with Crippen LogP contribution >= 0.6 is 11.9 Å². The Bertz CT molecular complexity index is 639. The Morgan fingerprint density at radius 3 is 2.20 bits per heavy atom. The minimum absolute atomic E-state index is 0.217. The lowest BCUT2D eigenvalue weighted by atomic mass is 10.1. The molecule has 2 aromatic rings. The van der Waals surface area contributed by atoms with Crippen LogP contribution in [0.4, 0.5) is 0 Å². The maximum atomic E-state index is 12.1. The van der Waals surface area contributed by atoms with Crippen molar-refractivity contribution < 1.29 is 9.59 Å². The maximum Gasteiger partial charge on any atom is 0.262 e. The summed E-state index contributed by atoms with van der Waals surface area (Å²) >= 11 is 1.20. The summed E-state index contributed by atoms with van der Waals surface area (Å²) in [5.74, 6) is -0.957. The highest BCUT2D eigenvalue weighted by molar-refractivity contribution is 7.98. The van der Waals surface area contributed by atoms with Gasteiger partial charge in [-0.05, 0) is 43.1 Å². The third kappa shape index (κ3) is 3.39. The van der Waals surface area contributed by atoms with Crippen LogP contribution in [0.1, 0.15) is 26.3 Å². The first-order valence-electron chi connectivity index (χ1n) is 6.00. The molecule has 0 atom stereocenters. The first-order chi connectivity index (χ1) is 9.58. The van der Waals surface area contributed by atoms with Gasteiger partial charge in [0.15, 0.2) is 0 Å². The van der Waals surface area contributed by atoms with Crippen molar-refractivity contribution >= 4 is 23.8 Å². The molecule has 0 fully saturated rings. The Labute approximate surface area is 121 Å². The number of amides is 2. The standard InChI is InChI=1S/C15H14N2O2S/c1-10-6-8-11(9-7-10)20-17-15(19)13-5-3-2-4-12(13)14(16)18/h2-9H,1H3,(H2,16,18)(H,17,19). The van der Waals surface area contributed by atoms with E-state index >= 15 is 0 Å². The van der Waals surface area contributed by atoms with Gasteiger partial charge in [0.25, 0.3) is 5.91 Å². The maximum absolute atomic E-state index is 12.1. The molecule has 0 saturated carbocycles. The van der Waals surface area contributed by atoms with Crippen LogP contribution in [-0.2, 0) is 0 Å². The molecule has 0 aliphatic heterocycles. The smallest absolute Gasteiger partial charge is 0.262 e. The highest BCUT2D eigenvalue weighted by Crippen LogP contribution is 2.16. The van der Waals surface area contributed by atoms with Crippen molar-refractivity contribution in [3.63, 3.8) is 0 Å². The number of hydrogen-bond donors (Lipinski definition) is 2. The average Bonchev–Trinajstić information content (AvgIpc) is 2.46. The Balaban J connectivity index is 2.09. The van der Waals surface area contributed by atoms with Crippen molar-refractivity contribution in [3.8, 4) is 0 Å². The number of aryl methyl sites for hydroxylation is 1. The van der Waals surface area contributed by atoms with Crippen LogP contribution in [0.25, 0.3) is 0 Å². The van der Waals surface area contributed by atoms with Gasteiger partial charge in [-0.3, -0.25) is 14.3 Å². The van der Waals surface area contributed by atoms with Crippen LogP contribution in [0.15, 0.2) is 53.4 Å². The molecule has 0 radical (unpaired) electrons. The zero-order valence-corrected chi connectivity index (χ0v) is 11.7. The van der Waals surface area contributed by atoms with Gasteiger partial charge in [0.1, 0.15) is 0 Å². The second-order valence-electron chi connectivity index (χ2n) is 4.26. The van der Waals surface area contributed by atoms with E-state index in [1.807, 2.05) is 31.2 Å². The fraction of sp³-hybridized carbons (Fsp3) is 0.0667. The van der Waals surface area contributed by atoms with Crippen LogP contribution in [0.3, 0.4) is 0 Å². The van der Waals surface area contributed by atoms with E-state index in [-0.39, 0.29) is 17.0 Å². The van der Waals surface area contributed by atoms with Gasteiger partial charge < -0.3 is 5.73 Å². The molecule has 0 aliphatic rings. The fourth-order valence-electron chi connectivity index (χ4n) is 1.66. The van der Waals surface area contributed by atoms with E-state index in [1.165, 1.54) is 18.0 Å². The van der Waals surface area contributed by atoms with Gasteiger partial charge in [-0.2, -0.15) is 0 Å². The van der Waals surface area contributed by atoms with E-state index in [1.54, 1.807) is 18.2 Å². The molecule has 3 N–H and O–H groups in total. The van der Waals surface area contributed by atoms with Crippen molar-refractivity contribution in [1.82, 2.24) is 4.72 Å². The van der Waals surface area contributed by atoms with Crippen molar-refractivity contribution in [1.29, 1.82) is 0 Å². The number of rotatable bonds is 4. The Hall–Kier alpha value is -2.27. The molecule has 20 heavy (non-hydrogen) atoms. The van der Waals surface area contributed by atoms with Crippen molar-refractivity contribution in [3.05, 3.63) is 65.2 Å². The van der Waals surface area contributed by atoms with Gasteiger partial charge in [0.2, 0.25) is 5.91 Å². The molecule has 2 amide bonds. The third-order valence-electron chi connectivity index (χ3n) is 2.72. The molecule has 0 unspecified atom stereocenters. The summed E-state index contributed by atoms with van der Waals surface area (Å²) in [5, 5.41) is 0. The molecule has 0 saturated heterocycles. The molecule has 0 aromatic heterocycles. The summed E-state index contributed by atoms with van der Waals surface area (Å²) in [5.41, 5.74) is 6.90. The van der Waals surface area contributed by atoms with Crippen molar-refractivity contribution in [2.45, 2.75) is 11.8 Å². The monoisotopic (exact) mass is 286 g/mol. The third-order valence-corrected chi connectivity index (χ3v) is 3.52. The van der Waals surface area contributed by atoms with E-state index < -0.39 is 5.91 Å². The molecule has 2 rings (SSSR count). The van der Waals surface area contributed by atoms with Gasteiger partial charge in [0, 0.05) is 4.90 Å². The van der Waals surface area contributed by atoms with E-state index in [9.17, 15) is 9.59 Å². The molecule has 0 spiro atoms. The molecule has 0 aliphatic carbocycles. The molecule has 102 valence electrons. The fourth-order valence-corrected chi connectivity index (χ4v) is 2.26. The minimum atomic E-state index is -0.615. The van der Waals surface area contributed by atoms with Gasteiger partial charge in [-0.15, -0.1) is 0 Å². The van der Waals surface area contributed by atoms with Gasteiger partial charge in [-0.1, -0.05) is 29.8 Å². The van der Waals surface area contributed by atoms with Crippen LogP contribution in [0.2, 0.25) is 0 Å². The number of carbonyl (C=O) groups is 2. The molecule has 4 nitrogen and oxygen atoms in total. The molecule has 0 bridgehead atoms. The van der Waals surface area contributed by atoms with E-state index in [0.29, 0.717) is 0 Å². The first-order valence-corrected chi connectivity index (χ1v) is 6.82. The van der Waals surface area contributed by atoms with Crippen LogP contribution in [-0.4, -0.2) is 11.8 Å². The first kappa shape index (κ1) is 14.1. The largest absolute Gasteiger partial charge is 0.366 e. The van der Waals surface area contributed by atoms with E-state index in [2.05, 4.69) is 4.72 Å². The highest BCUT2D eigenvalue weighted by atomic mass is 32.2. The van der Waals surface area contributed by atoms with Gasteiger partial charge in [0.05, 0.1) is 11.1 Å². The number of carbonyl (C=O) groups excluding carboxylic acids is 2. The zero-order valence-electron chi connectivity index (χ0n) is 10.9. The van der Waals surface area contributed by atoms with Gasteiger partial charge >= 0.3 is 0 Å². The summed E-state index contributed by atoms with van der Waals surface area (Å²) in [6, 6.07) is 14.2. The number of hydrogen-bond acceptors (Lipinski definition) is 3. The average molecular weight is 286 g/mol. The Kier molecular flexibility index (Phi) is 4.42. The minimum Gasteiger partial charge on any atom is -0.366 e. The summed E-state index contributed by atoms with van der Waals surface area (Å²) in [6.07, 6.45) is 0. The van der Waals surface area contributed by atoms with Crippen molar-refractivity contribution in [2.24, 2.45) is 5.73 Å². The van der Waals surface area contributed by atoms with Crippen molar-refractivity contribution in [2.75, 3.05) is 0 Å². The van der Waals surface area contributed by atoms with Crippen LogP contribution in [0, 0.1) is 6.92 Å². The summed E-state index contributed by atoms with van der Waals surface area (Å²) in [6.45, 7) is 2.00. The van der Waals surface area contributed by atoms with E-state index in [0.717, 1.165) is 10.5 Å². The summed E-state index contributed by atoms with van der Waals surface area (Å²) in [4.78, 5) is 24.3.